The van der Waals surface area contributed by atoms with Crippen LogP contribution in [0.5, 0.6) is 0 Å². The molecule has 0 aliphatic carbocycles. The maximum Gasteiger partial charge on any atom is 0.257 e. The van der Waals surface area contributed by atoms with Crippen LogP contribution in [0.4, 0.5) is 5.82 Å². The Balaban J connectivity index is 1.73. The molecular formula is C18H16N2OS2. The Morgan fingerprint density at radius 3 is 2.78 bits per heavy atom. The van der Waals surface area contributed by atoms with E-state index >= 15 is 0 Å². The number of nitrogens with one attached hydrogen (secondary N) is 1. The fraction of sp³-hybridized carbons (Fsp3) is 0.111. The number of amides is 1. The lowest BCUT2D eigenvalue weighted by Crippen LogP contribution is -2.13. The molecule has 0 saturated carbocycles. The van der Waals surface area contributed by atoms with Gasteiger partial charge in [-0.15, -0.1) is 23.1 Å². The lowest BCUT2D eigenvalue weighted by molar-refractivity contribution is 0.102. The largest absolute Gasteiger partial charge is 0.307 e. The van der Waals surface area contributed by atoms with Crippen LogP contribution in [0, 0.1) is 6.92 Å². The quantitative estimate of drug-likeness (QED) is 0.665. The van der Waals surface area contributed by atoms with Crippen LogP contribution >= 0.6 is 23.1 Å². The second-order valence-electron chi connectivity index (χ2n) is 5.04. The van der Waals surface area contributed by atoms with Gasteiger partial charge in [-0.3, -0.25) is 4.79 Å². The standard InChI is InChI=1S/C18H16N2OS2/c1-13-8-9-17(19-11-13)20-18(21)15-6-2-3-7-16(15)23-12-14-5-4-10-22-14/h2-11H,12H2,1H3,(H,19,20,21). The highest BCUT2D eigenvalue weighted by molar-refractivity contribution is 7.98. The molecule has 23 heavy (non-hydrogen) atoms. The molecule has 2 aromatic heterocycles. The summed E-state index contributed by atoms with van der Waals surface area (Å²) in [6.45, 7) is 1.97. The molecule has 3 nitrogen and oxygen atoms in total. The fourth-order valence-electron chi connectivity index (χ4n) is 2.05. The van der Waals surface area contributed by atoms with Gasteiger partial charge >= 0.3 is 0 Å². The van der Waals surface area contributed by atoms with E-state index < -0.39 is 0 Å². The molecule has 0 bridgehead atoms. The van der Waals surface area contributed by atoms with Gasteiger partial charge < -0.3 is 5.32 Å². The topological polar surface area (TPSA) is 42.0 Å². The zero-order valence-electron chi connectivity index (χ0n) is 12.7. The van der Waals surface area contributed by atoms with E-state index in [9.17, 15) is 4.79 Å². The Morgan fingerprint density at radius 2 is 2.04 bits per heavy atom. The predicted octanol–water partition coefficient (Wildman–Crippen LogP) is 5.00. The van der Waals surface area contributed by atoms with Crippen molar-refractivity contribution in [1.29, 1.82) is 0 Å². The van der Waals surface area contributed by atoms with Crippen molar-refractivity contribution in [2.24, 2.45) is 0 Å². The third kappa shape index (κ3) is 4.21. The second kappa shape index (κ2) is 7.44. The summed E-state index contributed by atoms with van der Waals surface area (Å²) in [6.07, 6.45) is 1.74. The molecule has 1 amide bonds. The van der Waals surface area contributed by atoms with E-state index in [0.717, 1.165) is 16.2 Å². The average molecular weight is 340 g/mol. The molecule has 2 heterocycles. The van der Waals surface area contributed by atoms with Crippen molar-refractivity contribution in [2.45, 2.75) is 17.6 Å². The van der Waals surface area contributed by atoms with Gasteiger partial charge in [-0.1, -0.05) is 24.3 Å². The molecule has 116 valence electrons. The minimum Gasteiger partial charge on any atom is -0.307 e. The summed E-state index contributed by atoms with van der Waals surface area (Å²) >= 11 is 3.40. The lowest BCUT2D eigenvalue weighted by atomic mass is 10.2. The zero-order chi connectivity index (χ0) is 16.1. The first-order valence-corrected chi connectivity index (χ1v) is 9.07. The van der Waals surface area contributed by atoms with E-state index in [1.165, 1.54) is 4.88 Å². The highest BCUT2D eigenvalue weighted by Gasteiger charge is 2.12. The summed E-state index contributed by atoms with van der Waals surface area (Å²) in [7, 11) is 0. The van der Waals surface area contributed by atoms with Gasteiger partial charge in [0.15, 0.2) is 0 Å². The average Bonchev–Trinajstić information content (AvgIpc) is 3.09. The van der Waals surface area contributed by atoms with E-state index in [1.807, 2.05) is 49.4 Å². The number of carbonyl (C=O) groups excluding carboxylic acids is 1. The first-order chi connectivity index (χ1) is 11.2. The molecule has 1 N–H and O–H groups in total. The van der Waals surface area contributed by atoms with E-state index in [0.29, 0.717) is 11.4 Å². The number of rotatable bonds is 5. The summed E-state index contributed by atoms with van der Waals surface area (Å²) < 4.78 is 0. The number of benzene rings is 1. The molecular weight excluding hydrogens is 324 g/mol. The van der Waals surface area contributed by atoms with Gasteiger partial charge in [0, 0.05) is 21.7 Å². The van der Waals surface area contributed by atoms with Gasteiger partial charge in [0.2, 0.25) is 0 Å². The molecule has 0 unspecified atom stereocenters. The molecule has 0 aliphatic heterocycles. The normalized spacial score (nSPS) is 10.5. The van der Waals surface area contributed by atoms with E-state index in [1.54, 1.807) is 29.3 Å². The minimum absolute atomic E-state index is 0.129. The number of anilines is 1. The number of nitrogens with zero attached hydrogens (tertiary/aromatic N) is 1. The molecule has 5 heteroatoms. The third-order valence-electron chi connectivity index (χ3n) is 3.23. The predicted molar refractivity (Wildman–Crippen MR) is 97.2 cm³/mol. The van der Waals surface area contributed by atoms with Gasteiger partial charge in [0.25, 0.3) is 5.91 Å². The van der Waals surface area contributed by atoms with Crippen LogP contribution in [-0.2, 0) is 5.75 Å². The summed E-state index contributed by atoms with van der Waals surface area (Å²) in [5, 5.41) is 4.93. The molecule has 3 aromatic rings. The van der Waals surface area contributed by atoms with Crippen LogP contribution in [0.25, 0.3) is 0 Å². The number of thioether (sulfide) groups is 1. The first-order valence-electron chi connectivity index (χ1n) is 7.20. The van der Waals surface area contributed by atoms with Crippen LogP contribution in [-0.4, -0.2) is 10.9 Å². The van der Waals surface area contributed by atoms with Crippen LogP contribution in [0.1, 0.15) is 20.8 Å². The van der Waals surface area contributed by atoms with Gasteiger partial charge in [-0.25, -0.2) is 4.98 Å². The molecule has 0 atom stereocenters. The fourth-order valence-corrected chi connectivity index (χ4v) is 3.87. The van der Waals surface area contributed by atoms with E-state index in [-0.39, 0.29) is 5.91 Å². The number of hydrogen-bond acceptors (Lipinski definition) is 4. The van der Waals surface area contributed by atoms with Crippen molar-refractivity contribution in [3.63, 3.8) is 0 Å². The molecule has 3 rings (SSSR count). The highest BCUT2D eigenvalue weighted by atomic mass is 32.2. The van der Waals surface area contributed by atoms with Crippen molar-refractivity contribution in [1.82, 2.24) is 4.98 Å². The van der Waals surface area contributed by atoms with Crippen molar-refractivity contribution in [3.05, 3.63) is 76.1 Å². The Bertz CT molecular complexity index is 783. The third-order valence-corrected chi connectivity index (χ3v) is 5.42. The molecule has 0 saturated heterocycles. The number of aryl methyl sites for hydroxylation is 1. The van der Waals surface area contributed by atoms with Crippen LogP contribution in [0.15, 0.2) is 65.0 Å². The summed E-state index contributed by atoms with van der Waals surface area (Å²) in [5.41, 5.74) is 1.74. The number of carbonyl (C=O) groups is 1. The number of aromatic nitrogens is 1. The zero-order valence-corrected chi connectivity index (χ0v) is 14.3. The lowest BCUT2D eigenvalue weighted by Gasteiger charge is -2.09. The molecule has 0 spiro atoms. The van der Waals surface area contributed by atoms with E-state index in [2.05, 4.69) is 21.7 Å². The van der Waals surface area contributed by atoms with Crippen LogP contribution < -0.4 is 5.32 Å². The Morgan fingerprint density at radius 1 is 1.17 bits per heavy atom. The van der Waals surface area contributed by atoms with Crippen molar-refractivity contribution in [3.8, 4) is 0 Å². The van der Waals surface area contributed by atoms with Crippen molar-refractivity contribution < 1.29 is 4.79 Å². The van der Waals surface area contributed by atoms with Gasteiger partial charge in [0.05, 0.1) is 5.56 Å². The molecule has 0 aliphatic rings. The minimum atomic E-state index is -0.129. The summed E-state index contributed by atoms with van der Waals surface area (Å²) in [5.74, 6) is 1.30. The Labute approximate surface area is 143 Å². The first kappa shape index (κ1) is 15.8. The maximum absolute atomic E-state index is 12.5. The SMILES string of the molecule is Cc1ccc(NC(=O)c2ccccc2SCc2cccs2)nc1. The molecule has 1 aromatic carbocycles. The Hall–Kier alpha value is -2.11. The van der Waals surface area contributed by atoms with Gasteiger partial charge in [-0.05, 0) is 42.1 Å². The van der Waals surface area contributed by atoms with Crippen LogP contribution in [0.3, 0.4) is 0 Å². The van der Waals surface area contributed by atoms with Crippen molar-refractivity contribution in [2.75, 3.05) is 5.32 Å². The summed E-state index contributed by atoms with van der Waals surface area (Å²) in [4.78, 5) is 19.0. The number of thiophene rings is 1. The van der Waals surface area contributed by atoms with Crippen LogP contribution in [0.2, 0.25) is 0 Å². The Kier molecular flexibility index (Phi) is 5.10. The second-order valence-corrected chi connectivity index (χ2v) is 7.09. The highest BCUT2D eigenvalue weighted by Crippen LogP contribution is 2.28. The monoisotopic (exact) mass is 340 g/mol. The van der Waals surface area contributed by atoms with Gasteiger partial charge in [-0.2, -0.15) is 0 Å². The maximum atomic E-state index is 12.5. The van der Waals surface area contributed by atoms with Crippen molar-refractivity contribution >= 4 is 34.8 Å². The smallest absolute Gasteiger partial charge is 0.257 e. The van der Waals surface area contributed by atoms with Gasteiger partial charge in [0.1, 0.15) is 5.82 Å². The number of pyridine rings is 1. The number of hydrogen-bond donors (Lipinski definition) is 1. The molecule has 0 fully saturated rings. The summed E-state index contributed by atoms with van der Waals surface area (Å²) in [6, 6.07) is 15.6. The van der Waals surface area contributed by atoms with E-state index in [4.69, 9.17) is 0 Å². The molecule has 0 radical (unpaired) electrons.